The van der Waals surface area contributed by atoms with Crippen LogP contribution < -0.4 is 15.6 Å². The molecule has 7 nitrogen and oxygen atoms in total. The quantitative estimate of drug-likeness (QED) is 0.568. The second kappa shape index (κ2) is 7.43. The summed E-state index contributed by atoms with van der Waals surface area (Å²) < 4.78 is 8.59. The van der Waals surface area contributed by atoms with Crippen molar-refractivity contribution in [2.75, 3.05) is 7.11 Å². The summed E-state index contributed by atoms with van der Waals surface area (Å²) in [4.78, 5) is 25.7. The van der Waals surface area contributed by atoms with E-state index in [0.717, 1.165) is 16.8 Å². The highest BCUT2D eigenvalue weighted by molar-refractivity contribution is 5.97. The molecule has 0 fully saturated rings. The van der Waals surface area contributed by atoms with Crippen molar-refractivity contribution in [3.8, 4) is 5.75 Å². The molecule has 2 aromatic heterocycles. The first-order chi connectivity index (χ1) is 14.0. The Balaban J connectivity index is 1.92. The van der Waals surface area contributed by atoms with E-state index in [9.17, 15) is 9.59 Å². The molecule has 0 aliphatic rings. The number of carbonyl (C=O) groups is 1. The molecule has 1 N–H and O–H groups in total. The van der Waals surface area contributed by atoms with Gasteiger partial charge in [0.25, 0.3) is 11.5 Å². The molecule has 0 bridgehead atoms. The number of fused-ring (bicyclic) bond motifs is 3. The summed E-state index contributed by atoms with van der Waals surface area (Å²) >= 11 is 0. The van der Waals surface area contributed by atoms with Gasteiger partial charge in [0.05, 0.1) is 30.9 Å². The summed E-state index contributed by atoms with van der Waals surface area (Å²) in [5, 5.41) is 7.18. The van der Waals surface area contributed by atoms with Crippen molar-refractivity contribution in [3.63, 3.8) is 0 Å². The molecule has 0 unspecified atom stereocenters. The summed E-state index contributed by atoms with van der Waals surface area (Å²) in [5.74, 6) is 0.546. The minimum absolute atomic E-state index is 0.0192. The third-order valence-corrected chi connectivity index (χ3v) is 4.76. The van der Waals surface area contributed by atoms with Gasteiger partial charge in [-0.2, -0.15) is 5.10 Å². The zero-order valence-corrected chi connectivity index (χ0v) is 16.5. The van der Waals surface area contributed by atoms with E-state index in [2.05, 4.69) is 10.4 Å². The number of ether oxygens (including phenoxy) is 1. The molecule has 0 radical (unpaired) electrons. The molecule has 2 aromatic carbocycles. The van der Waals surface area contributed by atoms with Crippen LogP contribution in [0.15, 0.2) is 59.5 Å². The maximum absolute atomic E-state index is 13.2. The van der Waals surface area contributed by atoms with Gasteiger partial charge < -0.3 is 14.6 Å². The number of rotatable bonds is 5. The maximum Gasteiger partial charge on any atom is 0.277 e. The van der Waals surface area contributed by atoms with Crippen molar-refractivity contribution < 1.29 is 9.53 Å². The number of benzene rings is 2. The van der Waals surface area contributed by atoms with Gasteiger partial charge in [0.2, 0.25) is 0 Å². The average molecular weight is 390 g/mol. The van der Waals surface area contributed by atoms with Crippen LogP contribution in [0, 0.1) is 0 Å². The van der Waals surface area contributed by atoms with Gasteiger partial charge in [-0.25, -0.2) is 4.52 Å². The van der Waals surface area contributed by atoms with Gasteiger partial charge in [-0.1, -0.05) is 12.1 Å². The molecule has 0 spiro atoms. The van der Waals surface area contributed by atoms with Crippen LogP contribution in [-0.4, -0.2) is 33.2 Å². The Hall–Kier alpha value is -3.61. The van der Waals surface area contributed by atoms with Crippen molar-refractivity contribution in [1.82, 2.24) is 19.5 Å². The molecule has 0 saturated carbocycles. The third kappa shape index (κ3) is 3.47. The monoisotopic (exact) mass is 390 g/mol. The normalized spacial score (nSPS) is 11.3. The molecular weight excluding hydrogens is 368 g/mol. The Bertz CT molecular complexity index is 1270. The topological polar surface area (TPSA) is 77.6 Å². The van der Waals surface area contributed by atoms with Crippen molar-refractivity contribution in [3.05, 3.63) is 76.2 Å². The molecule has 4 rings (SSSR count). The molecule has 29 heavy (non-hydrogen) atoms. The van der Waals surface area contributed by atoms with Crippen molar-refractivity contribution in [2.24, 2.45) is 0 Å². The van der Waals surface area contributed by atoms with E-state index >= 15 is 0 Å². The van der Waals surface area contributed by atoms with Gasteiger partial charge in [0.15, 0.2) is 0 Å². The highest BCUT2D eigenvalue weighted by Gasteiger charge is 2.15. The van der Waals surface area contributed by atoms with Crippen LogP contribution in [0.25, 0.3) is 16.6 Å². The summed E-state index contributed by atoms with van der Waals surface area (Å²) in [6, 6.07) is 14.6. The number of amides is 1. The number of nitrogens with zero attached hydrogens (tertiary/aromatic N) is 3. The van der Waals surface area contributed by atoms with Gasteiger partial charge in [-0.15, -0.1) is 0 Å². The number of hydrogen-bond donors (Lipinski definition) is 1. The van der Waals surface area contributed by atoms with Crippen LogP contribution in [0.1, 0.15) is 29.8 Å². The summed E-state index contributed by atoms with van der Waals surface area (Å²) in [6.45, 7) is 4.17. The standard InChI is InChI=1S/C22H22N4O3/c1-14(2)24-21(27)16-7-8-18-20(12-16)25(22(28)19-9-10-23-26(18)19)13-15-5-4-6-17(11-15)29-3/h4-12,14H,13H2,1-3H3,(H,24,27). The summed E-state index contributed by atoms with van der Waals surface area (Å²) in [5.41, 5.74) is 3.14. The highest BCUT2D eigenvalue weighted by Crippen LogP contribution is 2.19. The fourth-order valence-corrected chi connectivity index (χ4v) is 3.42. The van der Waals surface area contributed by atoms with Gasteiger partial charge in [-0.05, 0) is 55.8 Å². The first-order valence-corrected chi connectivity index (χ1v) is 9.42. The number of nitrogens with one attached hydrogen (secondary N) is 1. The number of carbonyl (C=O) groups excluding carboxylic acids is 1. The Morgan fingerprint density at radius 2 is 1.93 bits per heavy atom. The SMILES string of the molecule is COc1cccc(Cn2c(=O)c3ccnn3c3ccc(C(=O)NC(C)C)cc32)c1. The van der Waals surface area contributed by atoms with E-state index in [1.165, 1.54) is 0 Å². The summed E-state index contributed by atoms with van der Waals surface area (Å²) in [6.07, 6.45) is 1.60. The Kier molecular flexibility index (Phi) is 4.80. The van der Waals surface area contributed by atoms with Crippen molar-refractivity contribution >= 4 is 22.5 Å². The predicted molar refractivity (Wildman–Crippen MR) is 112 cm³/mol. The van der Waals surface area contributed by atoms with Crippen molar-refractivity contribution in [2.45, 2.75) is 26.4 Å². The highest BCUT2D eigenvalue weighted by atomic mass is 16.5. The van der Waals surface area contributed by atoms with Gasteiger partial charge in [0.1, 0.15) is 11.3 Å². The minimum atomic E-state index is -0.178. The second-order valence-electron chi connectivity index (χ2n) is 7.20. The van der Waals surface area contributed by atoms with E-state index in [-0.39, 0.29) is 17.5 Å². The third-order valence-electron chi connectivity index (χ3n) is 4.76. The molecule has 0 aliphatic carbocycles. The van der Waals surface area contributed by atoms with E-state index in [0.29, 0.717) is 23.1 Å². The molecule has 0 aliphatic heterocycles. The lowest BCUT2D eigenvalue weighted by molar-refractivity contribution is 0.0943. The fourth-order valence-electron chi connectivity index (χ4n) is 3.42. The zero-order valence-electron chi connectivity index (χ0n) is 16.5. The number of aromatic nitrogens is 3. The van der Waals surface area contributed by atoms with Gasteiger partial charge in [0, 0.05) is 11.6 Å². The number of methoxy groups -OCH3 is 1. The van der Waals surface area contributed by atoms with Crippen LogP contribution in [0.5, 0.6) is 5.75 Å². The van der Waals surface area contributed by atoms with E-state index in [1.54, 1.807) is 40.6 Å². The molecule has 1 amide bonds. The van der Waals surface area contributed by atoms with E-state index in [4.69, 9.17) is 4.74 Å². The van der Waals surface area contributed by atoms with Crippen LogP contribution in [0.2, 0.25) is 0 Å². The van der Waals surface area contributed by atoms with Crippen LogP contribution in [0.3, 0.4) is 0 Å². The van der Waals surface area contributed by atoms with Gasteiger partial charge >= 0.3 is 0 Å². The first-order valence-electron chi connectivity index (χ1n) is 9.42. The van der Waals surface area contributed by atoms with Crippen LogP contribution >= 0.6 is 0 Å². The lowest BCUT2D eigenvalue weighted by Crippen LogP contribution is -2.30. The van der Waals surface area contributed by atoms with E-state index in [1.807, 2.05) is 44.2 Å². The van der Waals surface area contributed by atoms with Gasteiger partial charge in [-0.3, -0.25) is 9.59 Å². The van der Waals surface area contributed by atoms with Crippen LogP contribution in [-0.2, 0) is 6.54 Å². The second-order valence-corrected chi connectivity index (χ2v) is 7.20. The Morgan fingerprint density at radius 3 is 2.69 bits per heavy atom. The molecule has 4 aromatic rings. The molecule has 0 saturated heterocycles. The molecule has 7 heteroatoms. The minimum Gasteiger partial charge on any atom is -0.497 e. The first kappa shape index (κ1) is 18.7. The zero-order chi connectivity index (χ0) is 20.5. The van der Waals surface area contributed by atoms with Crippen LogP contribution in [0.4, 0.5) is 0 Å². The lowest BCUT2D eigenvalue weighted by atomic mass is 10.1. The smallest absolute Gasteiger partial charge is 0.277 e. The Labute approximate surface area is 167 Å². The molecule has 148 valence electrons. The van der Waals surface area contributed by atoms with Crippen molar-refractivity contribution in [1.29, 1.82) is 0 Å². The molecule has 0 atom stereocenters. The maximum atomic E-state index is 13.2. The number of hydrogen-bond acceptors (Lipinski definition) is 4. The predicted octanol–water partition coefficient (Wildman–Crippen LogP) is 2.84. The molecule has 2 heterocycles. The lowest BCUT2D eigenvalue weighted by Gasteiger charge is -2.14. The average Bonchev–Trinajstić information content (AvgIpc) is 3.20. The largest absolute Gasteiger partial charge is 0.497 e. The molecular formula is C22H22N4O3. The summed E-state index contributed by atoms with van der Waals surface area (Å²) in [7, 11) is 1.61. The Morgan fingerprint density at radius 1 is 1.10 bits per heavy atom. The fraction of sp³-hybridized carbons (Fsp3) is 0.227. The van der Waals surface area contributed by atoms with E-state index < -0.39 is 0 Å².